The van der Waals surface area contributed by atoms with Gasteiger partial charge in [-0.25, -0.2) is 24.9 Å². The van der Waals surface area contributed by atoms with Crippen LogP contribution < -0.4 is 26.2 Å². The molecule has 0 fully saturated rings. The molecule has 4 aromatic heterocycles. The molecule has 10 heteroatoms. The fourth-order valence-corrected chi connectivity index (χ4v) is 15.6. The van der Waals surface area contributed by atoms with Crippen molar-refractivity contribution in [3.63, 3.8) is 0 Å². The molecule has 0 radical (unpaired) electrons. The minimum atomic E-state index is 0.0517. The van der Waals surface area contributed by atoms with E-state index in [1.165, 1.54) is 49.9 Å². The molecule has 0 bridgehead atoms. The second-order valence-electron chi connectivity index (χ2n) is 25.9. The Morgan fingerprint density at radius 3 is 1.27 bits per heavy atom. The van der Waals surface area contributed by atoms with Gasteiger partial charge in [0, 0.05) is 94.7 Å². The van der Waals surface area contributed by atoms with Crippen molar-refractivity contribution in [2.75, 3.05) is 9.80 Å². The summed E-state index contributed by atoms with van der Waals surface area (Å²) >= 11 is 0. The van der Waals surface area contributed by atoms with Gasteiger partial charge < -0.3 is 18.9 Å². The number of para-hydroxylation sites is 6. The Labute approximate surface area is 583 Å². The first-order chi connectivity index (χ1) is 50.1. The van der Waals surface area contributed by atoms with Gasteiger partial charge in [-0.3, -0.25) is 0 Å². The number of hydrogen-bond donors (Lipinski definition) is 0. The predicted octanol–water partition coefficient (Wildman–Crippen LogP) is 20.6. The van der Waals surface area contributed by atoms with Gasteiger partial charge in [-0.1, -0.05) is 243 Å². The Balaban J connectivity index is 0.759. The standard InChI is InChI=1S/C91H58BN9/c1-6-26-60(27-7-1)76-57-77(94-88(93-76)63-50-48-59(49-51-63)64-32-24-37-68(54-64)100-82-45-23-19-41-75(82)92-74-40-18-22-44-81(74)99(67-35-14-5-15-36-67)83-46-25-47-84(100)87(83)92)73-55-65(91-96-89(61-28-8-2-9-29-61)95-90(97-91)62-30-10-3-11-31-62)52-53-80(73)101-79-43-21-17-39-70(79)72-56-71-69-38-16-20-42-78(69)98(85(71)58-86(72)101)66-33-12-4-13-34-66/h1-58H. The van der Waals surface area contributed by atoms with Crippen LogP contribution in [0.2, 0.25) is 0 Å². The third-order valence-corrected chi connectivity index (χ3v) is 20.2. The smallest absolute Gasteiger partial charge is 0.252 e. The minimum absolute atomic E-state index is 0.0517. The van der Waals surface area contributed by atoms with Gasteiger partial charge in [-0.15, -0.1) is 0 Å². The normalized spacial score (nSPS) is 12.3. The average molecular weight is 1290 g/mol. The van der Waals surface area contributed by atoms with Crippen LogP contribution in [0.3, 0.4) is 0 Å². The van der Waals surface area contributed by atoms with Gasteiger partial charge in [0.15, 0.2) is 23.3 Å². The van der Waals surface area contributed by atoms with E-state index in [1.54, 1.807) is 0 Å². The van der Waals surface area contributed by atoms with Crippen LogP contribution in [0.25, 0.3) is 134 Å². The summed E-state index contributed by atoms with van der Waals surface area (Å²) in [6, 6.07) is 126. The molecule has 101 heavy (non-hydrogen) atoms. The molecule has 14 aromatic carbocycles. The molecule has 0 unspecified atom stereocenters. The van der Waals surface area contributed by atoms with Crippen LogP contribution in [0.15, 0.2) is 352 Å². The first kappa shape index (κ1) is 57.7. The van der Waals surface area contributed by atoms with Crippen LogP contribution in [0, 0.1) is 0 Å². The molecule has 2 aliphatic heterocycles. The number of benzene rings is 14. The fourth-order valence-electron chi connectivity index (χ4n) is 15.6. The molecule has 0 saturated carbocycles. The van der Waals surface area contributed by atoms with Crippen LogP contribution >= 0.6 is 0 Å². The monoisotopic (exact) mass is 1290 g/mol. The van der Waals surface area contributed by atoms with E-state index in [4.69, 9.17) is 24.9 Å². The van der Waals surface area contributed by atoms with E-state index in [9.17, 15) is 0 Å². The van der Waals surface area contributed by atoms with E-state index in [2.05, 4.69) is 304 Å². The lowest BCUT2D eigenvalue weighted by atomic mass is 9.33. The van der Waals surface area contributed by atoms with Crippen molar-refractivity contribution < 1.29 is 0 Å². The van der Waals surface area contributed by atoms with E-state index >= 15 is 0 Å². The maximum absolute atomic E-state index is 5.72. The van der Waals surface area contributed by atoms with Crippen LogP contribution in [-0.2, 0) is 0 Å². The molecule has 2 aliphatic rings. The van der Waals surface area contributed by atoms with Gasteiger partial charge in [-0.2, -0.15) is 0 Å². The van der Waals surface area contributed by atoms with Gasteiger partial charge in [0.05, 0.1) is 39.1 Å². The van der Waals surface area contributed by atoms with E-state index in [1.807, 2.05) is 66.7 Å². The second kappa shape index (κ2) is 23.6. The lowest BCUT2D eigenvalue weighted by molar-refractivity contribution is 1.07. The zero-order valence-electron chi connectivity index (χ0n) is 54.6. The highest BCUT2D eigenvalue weighted by atomic mass is 15.2. The number of anilines is 6. The summed E-state index contributed by atoms with van der Waals surface area (Å²) in [4.78, 5) is 31.8. The highest BCUT2D eigenvalue weighted by Crippen LogP contribution is 2.47. The van der Waals surface area contributed by atoms with Crippen molar-refractivity contribution >= 4 is 101 Å². The van der Waals surface area contributed by atoms with Crippen molar-refractivity contribution in [1.29, 1.82) is 0 Å². The van der Waals surface area contributed by atoms with E-state index in [-0.39, 0.29) is 6.71 Å². The lowest BCUT2D eigenvalue weighted by Crippen LogP contribution is -2.61. The number of fused-ring (bicyclic) bond motifs is 10. The van der Waals surface area contributed by atoms with Gasteiger partial charge in [0.1, 0.15) is 0 Å². The van der Waals surface area contributed by atoms with Crippen LogP contribution in [0.4, 0.5) is 34.1 Å². The molecule has 6 heterocycles. The topological polar surface area (TPSA) is 80.8 Å². The zero-order chi connectivity index (χ0) is 66.5. The molecule has 0 aliphatic carbocycles. The Kier molecular flexibility index (Phi) is 13.5. The summed E-state index contributed by atoms with van der Waals surface area (Å²) < 4.78 is 4.82. The van der Waals surface area contributed by atoms with Crippen LogP contribution in [-0.4, -0.2) is 40.8 Å². The Morgan fingerprint density at radius 2 is 0.644 bits per heavy atom. The summed E-state index contributed by atoms with van der Waals surface area (Å²) in [6.45, 7) is 0.0517. The quantitative estimate of drug-likeness (QED) is 0.119. The first-order valence-corrected chi connectivity index (χ1v) is 34.3. The molecular weight excluding hydrogens is 1230 g/mol. The molecule has 470 valence electrons. The molecule has 0 N–H and O–H groups in total. The SMILES string of the molecule is c1ccc(-c2cc(-c3cc(-c4nc(-c5ccccc5)nc(-c5ccccc5)n4)ccc3-n3c4ccccc4c4cc5c6ccccc6n(-c6ccccc6)c5cc43)nc(-c3ccc(-c4cccc(N5c6ccccc6B6c7ccccc7N(c7ccccc7)c7cccc5c76)c4)cc3)n2)cc1. The Bertz CT molecular complexity index is 6220. The summed E-state index contributed by atoms with van der Waals surface area (Å²) in [7, 11) is 0. The van der Waals surface area contributed by atoms with Gasteiger partial charge in [0.25, 0.3) is 6.71 Å². The number of aromatic nitrogens is 7. The molecule has 9 nitrogen and oxygen atoms in total. The largest absolute Gasteiger partial charge is 0.311 e. The number of rotatable bonds is 11. The molecule has 0 spiro atoms. The molecular formula is C91H58BN9. The van der Waals surface area contributed by atoms with E-state index < -0.39 is 0 Å². The average Bonchev–Trinajstić information content (AvgIpc) is 0.923. The zero-order valence-corrected chi connectivity index (χ0v) is 54.6. The van der Waals surface area contributed by atoms with Crippen molar-refractivity contribution in [2.45, 2.75) is 0 Å². The maximum Gasteiger partial charge on any atom is 0.252 e. The van der Waals surface area contributed by atoms with Crippen LogP contribution in [0.5, 0.6) is 0 Å². The Hall–Kier alpha value is -13.6. The maximum atomic E-state index is 5.72. The fraction of sp³-hybridized carbons (Fsp3) is 0. The predicted molar refractivity (Wildman–Crippen MR) is 416 cm³/mol. The number of nitrogens with zero attached hydrogens (tertiary/aromatic N) is 9. The minimum Gasteiger partial charge on any atom is -0.311 e. The molecule has 20 rings (SSSR count). The van der Waals surface area contributed by atoms with Gasteiger partial charge >= 0.3 is 0 Å². The molecule has 0 saturated heterocycles. The molecule has 18 aromatic rings. The molecule has 0 atom stereocenters. The van der Waals surface area contributed by atoms with Crippen LogP contribution in [0.1, 0.15) is 0 Å². The van der Waals surface area contributed by atoms with Crippen molar-refractivity contribution in [1.82, 2.24) is 34.1 Å². The second-order valence-corrected chi connectivity index (χ2v) is 25.9. The third-order valence-electron chi connectivity index (χ3n) is 20.2. The van der Waals surface area contributed by atoms with Gasteiger partial charge in [0.2, 0.25) is 0 Å². The lowest BCUT2D eigenvalue weighted by Gasteiger charge is -2.44. The van der Waals surface area contributed by atoms with E-state index in [0.29, 0.717) is 23.3 Å². The molecule has 0 amide bonds. The van der Waals surface area contributed by atoms with Crippen molar-refractivity contribution in [2.24, 2.45) is 0 Å². The highest BCUT2D eigenvalue weighted by Gasteiger charge is 2.43. The number of hydrogen-bond acceptors (Lipinski definition) is 7. The van der Waals surface area contributed by atoms with Gasteiger partial charge in [-0.05, 0) is 137 Å². The summed E-state index contributed by atoms with van der Waals surface area (Å²) in [6.07, 6.45) is 0. The summed E-state index contributed by atoms with van der Waals surface area (Å²) in [5.74, 6) is 2.29. The van der Waals surface area contributed by atoms with E-state index in [0.717, 1.165) is 111 Å². The summed E-state index contributed by atoms with van der Waals surface area (Å²) in [5.41, 5.74) is 26.2. The Morgan fingerprint density at radius 1 is 0.218 bits per heavy atom. The first-order valence-electron chi connectivity index (χ1n) is 34.3. The van der Waals surface area contributed by atoms with Crippen molar-refractivity contribution in [3.8, 4) is 90.6 Å². The highest BCUT2D eigenvalue weighted by molar-refractivity contribution is 7.00. The van der Waals surface area contributed by atoms with Crippen molar-refractivity contribution in [3.05, 3.63) is 352 Å². The third kappa shape index (κ3) is 9.59. The summed E-state index contributed by atoms with van der Waals surface area (Å²) in [5, 5.41) is 4.66.